The molecule has 0 aromatic heterocycles. The normalized spacial score (nSPS) is 12.2. The van der Waals surface area contributed by atoms with E-state index in [0.717, 1.165) is 0 Å². The van der Waals surface area contributed by atoms with Crippen molar-refractivity contribution < 1.29 is 53.0 Å². The lowest BCUT2D eigenvalue weighted by atomic mass is 9.98. The second-order valence-electron chi connectivity index (χ2n) is 4.87. The molecule has 28 heavy (non-hydrogen) atoms. The third-order valence-electron chi connectivity index (χ3n) is 3.24. The Bertz CT molecular complexity index is 898. The molecule has 0 saturated carbocycles. The van der Waals surface area contributed by atoms with E-state index in [0.29, 0.717) is 0 Å². The van der Waals surface area contributed by atoms with E-state index in [1.807, 2.05) is 0 Å². The van der Waals surface area contributed by atoms with Crippen molar-refractivity contribution in [2.75, 3.05) is 0 Å². The number of benzene rings is 2. The maximum atomic E-state index is 14.0. The Hall–Kier alpha value is -1.49. The molecule has 0 heterocycles. The van der Waals surface area contributed by atoms with Crippen LogP contribution in [0.1, 0.15) is 17.2 Å². The molecule has 0 aliphatic heterocycles. The third kappa shape index (κ3) is 3.83. The molecule has 2 rings (SSSR count). The zero-order valence-electron chi connectivity index (χ0n) is 12.4. The second-order valence-corrected chi connectivity index (χ2v) is 9.10. The van der Waals surface area contributed by atoms with Gasteiger partial charge in [0, 0.05) is 0 Å². The van der Waals surface area contributed by atoms with E-state index in [1.54, 1.807) is 0 Å². The van der Waals surface area contributed by atoms with Gasteiger partial charge in [-0.3, -0.25) is 9.09 Å². The SMILES string of the molecule is O=P(Cl)(Cl)OC(c1c(F)c(F)c(F)c(F)c1F)c1c(F)c(F)c(F)c(F)c1F. The molecule has 15 heteroatoms. The Morgan fingerprint density at radius 2 is 0.750 bits per heavy atom. The zero-order valence-corrected chi connectivity index (χ0v) is 14.8. The molecule has 0 unspecified atom stereocenters. The molecule has 0 aliphatic rings. The molecule has 154 valence electrons. The van der Waals surface area contributed by atoms with Crippen LogP contribution in [0.25, 0.3) is 0 Å². The van der Waals surface area contributed by atoms with E-state index in [-0.39, 0.29) is 0 Å². The molecule has 0 N–H and O–H groups in total. The average Bonchev–Trinajstić information content (AvgIpc) is 2.60. The molecule has 0 bridgehead atoms. The Balaban J connectivity index is 2.99. The van der Waals surface area contributed by atoms with Crippen molar-refractivity contribution >= 4 is 28.6 Å². The lowest BCUT2D eigenvalue weighted by Gasteiger charge is -2.22. The van der Waals surface area contributed by atoms with Gasteiger partial charge in [0.05, 0.1) is 11.1 Å². The quantitative estimate of drug-likeness (QED) is 0.209. The Morgan fingerprint density at radius 3 is 0.964 bits per heavy atom. The van der Waals surface area contributed by atoms with Gasteiger partial charge in [0.1, 0.15) is 6.10 Å². The van der Waals surface area contributed by atoms with Crippen molar-refractivity contribution in [1.29, 1.82) is 0 Å². The van der Waals surface area contributed by atoms with Crippen LogP contribution >= 0.6 is 28.6 Å². The first-order valence-corrected chi connectivity index (χ1v) is 9.84. The van der Waals surface area contributed by atoms with Crippen LogP contribution < -0.4 is 0 Å². The summed E-state index contributed by atoms with van der Waals surface area (Å²) < 4.78 is 151. The molecular formula is C13HCl2F10O2P. The highest BCUT2D eigenvalue weighted by molar-refractivity contribution is 8.05. The largest absolute Gasteiger partial charge is 0.381 e. The molecule has 0 saturated heterocycles. The summed E-state index contributed by atoms with van der Waals surface area (Å²) in [6, 6.07) is 0. The molecular weight excluding hydrogens is 480 g/mol. The Morgan fingerprint density at radius 1 is 0.536 bits per heavy atom. The Kier molecular flexibility index (Phi) is 6.30. The minimum Gasteiger partial charge on any atom is -0.293 e. The first-order valence-electron chi connectivity index (χ1n) is 6.41. The standard InChI is InChI=1S/C13HCl2F10O2P/c14-28(15,26)27-13(1-3(16)7(20)11(24)8(21)4(1)17)2-5(18)9(22)12(25)10(23)6(2)19/h13H. The van der Waals surface area contributed by atoms with Gasteiger partial charge in [0.15, 0.2) is 46.5 Å². The average molecular weight is 481 g/mol. The summed E-state index contributed by atoms with van der Waals surface area (Å²) in [5.74, 6) is -27.2. The molecule has 2 nitrogen and oxygen atoms in total. The molecule has 0 radical (unpaired) electrons. The van der Waals surface area contributed by atoms with Crippen LogP contribution in [0.5, 0.6) is 0 Å². The second kappa shape index (κ2) is 7.74. The Labute approximate surface area is 157 Å². The van der Waals surface area contributed by atoms with E-state index >= 15 is 0 Å². The van der Waals surface area contributed by atoms with Crippen LogP contribution in [0.3, 0.4) is 0 Å². The minimum atomic E-state index is -5.12. The van der Waals surface area contributed by atoms with Gasteiger partial charge in [-0.1, -0.05) is 0 Å². The van der Waals surface area contributed by atoms with Crippen LogP contribution in [0, 0.1) is 58.2 Å². The molecule has 0 amide bonds. The lowest BCUT2D eigenvalue weighted by Crippen LogP contribution is -2.18. The van der Waals surface area contributed by atoms with Crippen LogP contribution in [-0.4, -0.2) is 0 Å². The van der Waals surface area contributed by atoms with Crippen molar-refractivity contribution in [3.63, 3.8) is 0 Å². The maximum absolute atomic E-state index is 14.0. The first kappa shape index (κ1) is 22.8. The molecule has 0 fully saturated rings. The predicted molar refractivity (Wildman–Crippen MR) is 74.7 cm³/mol. The van der Waals surface area contributed by atoms with E-state index in [4.69, 9.17) is 22.5 Å². The van der Waals surface area contributed by atoms with Crippen molar-refractivity contribution in [2.24, 2.45) is 0 Å². The highest BCUT2D eigenvalue weighted by Crippen LogP contribution is 2.62. The van der Waals surface area contributed by atoms with Gasteiger partial charge >= 0.3 is 6.07 Å². The van der Waals surface area contributed by atoms with Crippen molar-refractivity contribution in [3.8, 4) is 0 Å². The molecule has 2 aromatic carbocycles. The number of halogens is 12. The fraction of sp³-hybridized carbons (Fsp3) is 0.0769. The van der Waals surface area contributed by atoms with E-state index < -0.39 is 81.5 Å². The van der Waals surface area contributed by atoms with E-state index in [9.17, 15) is 48.5 Å². The summed E-state index contributed by atoms with van der Waals surface area (Å²) in [5.41, 5.74) is -4.50. The fourth-order valence-electron chi connectivity index (χ4n) is 2.08. The highest BCUT2D eigenvalue weighted by Gasteiger charge is 2.40. The van der Waals surface area contributed by atoms with Gasteiger partial charge in [-0.15, -0.1) is 0 Å². The maximum Gasteiger partial charge on any atom is 0.381 e. The van der Waals surface area contributed by atoms with Gasteiger partial charge in [-0.25, -0.2) is 43.9 Å². The van der Waals surface area contributed by atoms with Gasteiger partial charge in [0.25, 0.3) is 0 Å². The van der Waals surface area contributed by atoms with Crippen molar-refractivity contribution in [3.05, 3.63) is 69.3 Å². The smallest absolute Gasteiger partial charge is 0.293 e. The van der Waals surface area contributed by atoms with Crippen LogP contribution in [0.4, 0.5) is 43.9 Å². The highest BCUT2D eigenvalue weighted by atomic mass is 35.9. The molecule has 0 aliphatic carbocycles. The van der Waals surface area contributed by atoms with E-state index in [1.165, 1.54) is 0 Å². The topological polar surface area (TPSA) is 26.3 Å². The van der Waals surface area contributed by atoms with Gasteiger partial charge in [-0.2, -0.15) is 0 Å². The first-order chi connectivity index (χ1) is 12.7. The summed E-state index contributed by atoms with van der Waals surface area (Å²) in [4.78, 5) is 0. The van der Waals surface area contributed by atoms with Gasteiger partial charge in [0.2, 0.25) is 11.6 Å². The fourth-order valence-corrected chi connectivity index (χ4v) is 3.01. The van der Waals surface area contributed by atoms with Crippen LogP contribution in [-0.2, 0) is 9.09 Å². The molecule has 2 aromatic rings. The number of hydrogen-bond acceptors (Lipinski definition) is 2. The van der Waals surface area contributed by atoms with Crippen molar-refractivity contribution in [2.45, 2.75) is 6.10 Å². The molecule has 0 spiro atoms. The summed E-state index contributed by atoms with van der Waals surface area (Å²) in [5, 5.41) is 0. The lowest BCUT2D eigenvalue weighted by molar-refractivity contribution is 0.224. The predicted octanol–water partition coefficient (Wildman–Crippen LogP) is 6.77. The molecule has 0 atom stereocenters. The third-order valence-corrected chi connectivity index (χ3v) is 4.17. The summed E-state index contributed by atoms with van der Waals surface area (Å²) in [6.07, 6.45) is -8.50. The summed E-state index contributed by atoms with van der Waals surface area (Å²) in [6.45, 7) is 0. The number of hydrogen-bond donors (Lipinski definition) is 0. The minimum absolute atomic E-state index is 2.25. The van der Waals surface area contributed by atoms with E-state index in [2.05, 4.69) is 4.52 Å². The zero-order chi connectivity index (χ0) is 21.7. The van der Waals surface area contributed by atoms with Gasteiger partial charge < -0.3 is 0 Å². The van der Waals surface area contributed by atoms with Crippen LogP contribution in [0.15, 0.2) is 0 Å². The summed E-state index contributed by atoms with van der Waals surface area (Å²) >= 11 is 9.89. The summed E-state index contributed by atoms with van der Waals surface area (Å²) in [7, 11) is 0. The number of rotatable bonds is 4. The monoisotopic (exact) mass is 480 g/mol. The van der Waals surface area contributed by atoms with Crippen molar-refractivity contribution in [1.82, 2.24) is 0 Å². The van der Waals surface area contributed by atoms with Gasteiger partial charge in [-0.05, 0) is 22.5 Å². The van der Waals surface area contributed by atoms with Crippen LogP contribution in [0.2, 0.25) is 0 Å².